The Hall–Kier alpha value is -3.35. The maximum Gasteiger partial charge on any atom is 0.277 e. The van der Waals surface area contributed by atoms with E-state index in [1.165, 1.54) is 0 Å². The van der Waals surface area contributed by atoms with E-state index in [-0.39, 0.29) is 11.6 Å². The van der Waals surface area contributed by atoms with Crippen molar-refractivity contribution in [3.8, 4) is 11.5 Å². The molecule has 1 fully saturated rings. The van der Waals surface area contributed by atoms with Crippen LogP contribution in [0.25, 0.3) is 0 Å². The lowest BCUT2D eigenvalue weighted by Crippen LogP contribution is -2.34. The average Bonchev–Trinajstić information content (AvgIpc) is 3.43. The Morgan fingerprint density at radius 1 is 1.07 bits per heavy atom. The van der Waals surface area contributed by atoms with Crippen molar-refractivity contribution in [1.29, 1.82) is 0 Å². The van der Waals surface area contributed by atoms with E-state index in [1.807, 2.05) is 42.5 Å². The van der Waals surface area contributed by atoms with E-state index in [9.17, 15) is 4.79 Å². The van der Waals surface area contributed by atoms with Crippen LogP contribution in [0.5, 0.6) is 11.5 Å². The van der Waals surface area contributed by atoms with Gasteiger partial charge in [-0.1, -0.05) is 35.5 Å². The summed E-state index contributed by atoms with van der Waals surface area (Å²) in [6, 6.07) is 15.4. The average molecular weight is 376 g/mol. The molecule has 7 nitrogen and oxygen atoms in total. The summed E-state index contributed by atoms with van der Waals surface area (Å²) >= 11 is 0. The van der Waals surface area contributed by atoms with Crippen molar-refractivity contribution < 1.29 is 14.3 Å². The van der Waals surface area contributed by atoms with Crippen molar-refractivity contribution in [2.45, 2.75) is 38.0 Å². The number of ether oxygens (including phenoxy) is 2. The van der Waals surface area contributed by atoms with Crippen LogP contribution in [0.15, 0.2) is 54.7 Å². The van der Waals surface area contributed by atoms with Gasteiger partial charge in [-0.3, -0.25) is 4.79 Å². The van der Waals surface area contributed by atoms with Crippen LogP contribution in [-0.2, 0) is 6.54 Å². The number of hydrogen-bond donors (Lipinski definition) is 1. The number of hydrogen-bond acceptors (Lipinski definition) is 5. The summed E-state index contributed by atoms with van der Waals surface area (Å²) in [5.74, 6) is 0.584. The molecule has 1 amide bonds. The van der Waals surface area contributed by atoms with Gasteiger partial charge < -0.3 is 14.8 Å². The Labute approximate surface area is 162 Å². The number of carbonyl (C=O) groups is 1. The molecule has 5 rings (SSSR count). The van der Waals surface area contributed by atoms with Crippen molar-refractivity contribution in [3.63, 3.8) is 0 Å². The molecule has 2 heterocycles. The third kappa shape index (κ3) is 3.19. The van der Waals surface area contributed by atoms with Gasteiger partial charge >= 0.3 is 0 Å². The summed E-state index contributed by atoms with van der Waals surface area (Å²) < 4.78 is 13.7. The lowest BCUT2D eigenvalue weighted by Gasteiger charge is -2.21. The predicted molar refractivity (Wildman–Crippen MR) is 102 cm³/mol. The fourth-order valence-electron chi connectivity index (χ4n) is 3.73. The third-order valence-electron chi connectivity index (χ3n) is 5.12. The molecule has 0 saturated heterocycles. The monoisotopic (exact) mass is 376 g/mol. The number of carbonyl (C=O) groups excluding carboxylic acids is 1. The largest absolute Gasteiger partial charge is 0.448 e. The zero-order valence-electron chi connectivity index (χ0n) is 15.3. The molecule has 142 valence electrons. The highest BCUT2D eigenvalue weighted by Gasteiger charge is 2.44. The molecular formula is C21H20N4O3. The fourth-order valence-corrected chi connectivity index (χ4v) is 3.73. The lowest BCUT2D eigenvalue weighted by atomic mass is 10.2. The van der Waals surface area contributed by atoms with Crippen LogP contribution in [0, 0.1) is 0 Å². The van der Waals surface area contributed by atoms with Crippen LogP contribution in [0.2, 0.25) is 0 Å². The summed E-state index contributed by atoms with van der Waals surface area (Å²) in [5.41, 5.74) is 2.00. The van der Waals surface area contributed by atoms with E-state index in [1.54, 1.807) is 16.9 Å². The number of amides is 1. The number of rotatable bonds is 4. The molecule has 2 aliphatic rings. The number of aromatic nitrogens is 3. The quantitative estimate of drug-likeness (QED) is 0.752. The van der Waals surface area contributed by atoms with Crippen molar-refractivity contribution >= 4 is 11.6 Å². The van der Waals surface area contributed by atoms with E-state index in [0.717, 1.165) is 37.0 Å². The van der Waals surface area contributed by atoms with E-state index < -0.39 is 5.79 Å². The van der Waals surface area contributed by atoms with Crippen LogP contribution in [-0.4, -0.2) is 26.7 Å². The van der Waals surface area contributed by atoms with E-state index >= 15 is 0 Å². The van der Waals surface area contributed by atoms with Crippen molar-refractivity contribution in [2.24, 2.45) is 0 Å². The summed E-state index contributed by atoms with van der Waals surface area (Å²) in [5, 5.41) is 10.9. The maximum atomic E-state index is 12.5. The summed E-state index contributed by atoms with van der Waals surface area (Å²) in [6.07, 6.45) is 5.65. The normalized spacial score (nSPS) is 16.4. The van der Waals surface area contributed by atoms with Crippen molar-refractivity contribution in [2.75, 3.05) is 5.32 Å². The van der Waals surface area contributed by atoms with E-state index in [0.29, 0.717) is 18.0 Å². The zero-order chi connectivity index (χ0) is 19.0. The maximum absolute atomic E-state index is 12.5. The lowest BCUT2D eigenvalue weighted by molar-refractivity contribution is -0.0716. The van der Waals surface area contributed by atoms with Gasteiger partial charge in [-0.15, -0.1) is 5.10 Å². The number of benzene rings is 2. The van der Waals surface area contributed by atoms with E-state index in [4.69, 9.17) is 9.47 Å². The van der Waals surface area contributed by atoms with Crippen LogP contribution in [0.1, 0.15) is 41.7 Å². The fraction of sp³-hybridized carbons (Fsp3) is 0.286. The zero-order valence-corrected chi connectivity index (χ0v) is 15.3. The molecular weight excluding hydrogens is 356 g/mol. The SMILES string of the molecule is O=C(Nc1ccc2c(c1)OC1(CCCC1)O2)c1cn(Cc2ccccc2)nn1. The Morgan fingerprint density at radius 2 is 1.86 bits per heavy atom. The van der Waals surface area contributed by atoms with Gasteiger partial charge in [-0.2, -0.15) is 0 Å². The Bertz CT molecular complexity index is 1010. The second-order valence-corrected chi connectivity index (χ2v) is 7.22. The molecule has 0 unspecified atom stereocenters. The first-order valence-corrected chi connectivity index (χ1v) is 9.47. The third-order valence-corrected chi connectivity index (χ3v) is 5.12. The van der Waals surface area contributed by atoms with E-state index in [2.05, 4.69) is 15.6 Å². The molecule has 1 aliphatic heterocycles. The number of fused-ring (bicyclic) bond motifs is 1. The van der Waals surface area contributed by atoms with Crippen LogP contribution < -0.4 is 14.8 Å². The van der Waals surface area contributed by atoms with Gasteiger partial charge in [-0.25, -0.2) is 4.68 Å². The van der Waals surface area contributed by atoms with Gasteiger partial charge in [0.15, 0.2) is 17.2 Å². The summed E-state index contributed by atoms with van der Waals surface area (Å²) in [6.45, 7) is 0.563. The molecule has 0 radical (unpaired) electrons. The van der Waals surface area contributed by atoms with Gasteiger partial charge in [-0.05, 0) is 30.5 Å². The molecule has 0 bridgehead atoms. The first-order valence-electron chi connectivity index (χ1n) is 9.47. The van der Waals surface area contributed by atoms with Crippen molar-refractivity contribution in [1.82, 2.24) is 15.0 Å². The Balaban J connectivity index is 1.27. The van der Waals surface area contributed by atoms with Crippen LogP contribution >= 0.6 is 0 Å². The standard InChI is InChI=1S/C21H20N4O3/c26-20(17-14-25(24-23-17)13-15-6-2-1-3-7-15)22-16-8-9-18-19(12-16)28-21(27-18)10-4-5-11-21/h1-3,6-9,12,14H,4-5,10-11,13H2,(H,22,26). The van der Waals surface area contributed by atoms with Gasteiger partial charge in [0.05, 0.1) is 12.7 Å². The minimum Gasteiger partial charge on any atom is -0.448 e. The number of anilines is 1. The summed E-state index contributed by atoms with van der Waals surface area (Å²) in [7, 11) is 0. The van der Waals surface area contributed by atoms with Gasteiger partial charge in [0.2, 0.25) is 0 Å². The van der Waals surface area contributed by atoms with Gasteiger partial charge in [0, 0.05) is 24.6 Å². The molecule has 1 aliphatic carbocycles. The minimum absolute atomic E-state index is 0.265. The topological polar surface area (TPSA) is 78.3 Å². The van der Waals surface area contributed by atoms with Crippen molar-refractivity contribution in [3.05, 3.63) is 66.0 Å². The Kier molecular flexibility index (Phi) is 4.00. The van der Waals surface area contributed by atoms with Gasteiger partial charge in [0.1, 0.15) is 0 Å². The van der Waals surface area contributed by atoms with Gasteiger partial charge in [0.25, 0.3) is 11.7 Å². The minimum atomic E-state index is -0.509. The highest BCUT2D eigenvalue weighted by molar-refractivity contribution is 6.02. The predicted octanol–water partition coefficient (Wildman–Crippen LogP) is 3.62. The van der Waals surface area contributed by atoms with Crippen LogP contribution in [0.4, 0.5) is 5.69 Å². The van der Waals surface area contributed by atoms with Crippen LogP contribution in [0.3, 0.4) is 0 Å². The Morgan fingerprint density at radius 3 is 2.68 bits per heavy atom. The first kappa shape index (κ1) is 16.8. The smallest absolute Gasteiger partial charge is 0.277 e. The second-order valence-electron chi connectivity index (χ2n) is 7.22. The molecule has 1 spiro atoms. The molecule has 1 saturated carbocycles. The highest BCUT2D eigenvalue weighted by Crippen LogP contribution is 2.47. The molecule has 0 atom stereocenters. The molecule has 3 aromatic rings. The first-order chi connectivity index (χ1) is 13.7. The second kappa shape index (κ2) is 6.67. The summed E-state index contributed by atoms with van der Waals surface area (Å²) in [4.78, 5) is 12.5. The molecule has 7 heteroatoms. The molecule has 1 aromatic heterocycles. The number of nitrogens with one attached hydrogen (secondary N) is 1. The number of nitrogens with zero attached hydrogens (tertiary/aromatic N) is 3. The molecule has 2 aromatic carbocycles. The molecule has 28 heavy (non-hydrogen) atoms. The highest BCUT2D eigenvalue weighted by atomic mass is 16.7. The molecule has 1 N–H and O–H groups in total.